The number of halogens is 1. The van der Waals surface area contributed by atoms with Gasteiger partial charge in [-0.25, -0.2) is 4.98 Å². The van der Waals surface area contributed by atoms with Crippen LogP contribution in [-0.4, -0.2) is 47.4 Å². The van der Waals surface area contributed by atoms with E-state index in [0.29, 0.717) is 16.4 Å². The van der Waals surface area contributed by atoms with Crippen LogP contribution in [0.3, 0.4) is 0 Å². The van der Waals surface area contributed by atoms with Crippen molar-refractivity contribution < 1.29 is 9.59 Å². The summed E-state index contributed by atoms with van der Waals surface area (Å²) in [6, 6.07) is 21.3. The van der Waals surface area contributed by atoms with Crippen molar-refractivity contribution in [2.75, 3.05) is 41.3 Å². The summed E-state index contributed by atoms with van der Waals surface area (Å²) in [5, 5.41) is 3.11. The molecule has 7 nitrogen and oxygen atoms in total. The lowest BCUT2D eigenvalue weighted by molar-refractivity contribution is -0.112. The van der Waals surface area contributed by atoms with Crippen LogP contribution in [0.5, 0.6) is 0 Å². The molecule has 0 spiro atoms. The van der Waals surface area contributed by atoms with E-state index in [4.69, 9.17) is 16.6 Å². The van der Waals surface area contributed by atoms with Gasteiger partial charge in [-0.3, -0.25) is 9.59 Å². The molecule has 0 atom stereocenters. The van der Waals surface area contributed by atoms with Gasteiger partial charge in [0.1, 0.15) is 11.5 Å². The Morgan fingerprint density at radius 3 is 2.23 bits per heavy atom. The fourth-order valence-electron chi connectivity index (χ4n) is 5.11. The second-order valence-electron chi connectivity index (χ2n) is 10.0. The second-order valence-corrected chi connectivity index (χ2v) is 10.4. The summed E-state index contributed by atoms with van der Waals surface area (Å²) in [7, 11) is 1.79. The zero-order chi connectivity index (χ0) is 27.7. The third-order valence-electron chi connectivity index (χ3n) is 7.23. The number of carbonyl (C=O) groups excluding carboxylic acids is 2. The SMILES string of the molecule is Cc1cc(C)nc(N2CCN(c3ccc(NC(=O)C(=O)c4c(-c5ccccc5)cc(C)n4C)c(Cl)c3)CC2)c1. The van der Waals surface area contributed by atoms with Gasteiger partial charge in [0.15, 0.2) is 0 Å². The first kappa shape index (κ1) is 26.5. The monoisotopic (exact) mass is 541 g/mol. The van der Waals surface area contributed by atoms with E-state index >= 15 is 0 Å². The minimum atomic E-state index is -0.724. The predicted octanol–water partition coefficient (Wildman–Crippen LogP) is 5.81. The van der Waals surface area contributed by atoms with Gasteiger partial charge in [-0.05, 0) is 68.3 Å². The summed E-state index contributed by atoms with van der Waals surface area (Å²) < 4.78 is 1.75. The molecular weight excluding hydrogens is 510 g/mol. The predicted molar refractivity (Wildman–Crippen MR) is 158 cm³/mol. The number of piperazine rings is 1. The molecule has 1 aliphatic rings. The first-order valence-electron chi connectivity index (χ1n) is 13.0. The summed E-state index contributed by atoms with van der Waals surface area (Å²) in [5.41, 5.74) is 6.46. The van der Waals surface area contributed by atoms with Crippen LogP contribution in [0.4, 0.5) is 17.2 Å². The molecule has 4 aromatic rings. The molecular formula is C31H32ClN5O2. The summed E-state index contributed by atoms with van der Waals surface area (Å²) >= 11 is 6.59. The number of pyridine rings is 1. The van der Waals surface area contributed by atoms with Crippen LogP contribution in [0.15, 0.2) is 66.7 Å². The van der Waals surface area contributed by atoms with Crippen LogP contribution in [0, 0.1) is 20.8 Å². The third kappa shape index (κ3) is 5.54. The Balaban J connectivity index is 1.27. The number of hydrogen-bond donors (Lipinski definition) is 1. The molecule has 1 saturated heterocycles. The number of nitrogens with one attached hydrogen (secondary N) is 1. The third-order valence-corrected chi connectivity index (χ3v) is 7.55. The molecule has 0 radical (unpaired) electrons. The molecule has 5 rings (SSSR count). The molecule has 0 saturated carbocycles. The summed E-state index contributed by atoms with van der Waals surface area (Å²) in [4.78, 5) is 35.6. The van der Waals surface area contributed by atoms with Crippen molar-refractivity contribution in [2.45, 2.75) is 20.8 Å². The number of aromatic nitrogens is 2. The Morgan fingerprint density at radius 2 is 1.56 bits per heavy atom. The van der Waals surface area contributed by atoms with E-state index in [2.05, 4.69) is 34.2 Å². The molecule has 39 heavy (non-hydrogen) atoms. The Kier molecular flexibility index (Phi) is 7.44. The lowest BCUT2D eigenvalue weighted by Gasteiger charge is -2.37. The van der Waals surface area contributed by atoms with Crippen LogP contribution < -0.4 is 15.1 Å². The Bertz CT molecular complexity index is 1520. The molecule has 3 heterocycles. The second kappa shape index (κ2) is 10.9. The Morgan fingerprint density at radius 1 is 0.872 bits per heavy atom. The number of aryl methyl sites for hydroxylation is 3. The van der Waals surface area contributed by atoms with Crippen molar-refractivity contribution in [1.82, 2.24) is 9.55 Å². The zero-order valence-corrected chi connectivity index (χ0v) is 23.4. The smallest absolute Gasteiger partial charge is 0.298 e. The van der Waals surface area contributed by atoms with E-state index in [-0.39, 0.29) is 0 Å². The average Bonchev–Trinajstić information content (AvgIpc) is 3.23. The minimum Gasteiger partial charge on any atom is -0.368 e. The number of nitrogens with zero attached hydrogens (tertiary/aromatic N) is 4. The normalized spacial score (nSPS) is 13.5. The number of benzene rings is 2. The number of ketones is 1. The quantitative estimate of drug-likeness (QED) is 0.246. The fraction of sp³-hybridized carbons (Fsp3) is 0.258. The molecule has 1 N–H and O–H groups in total. The van der Waals surface area contributed by atoms with Crippen molar-refractivity contribution in [3.63, 3.8) is 0 Å². The number of anilines is 3. The Labute approximate surface area is 234 Å². The highest BCUT2D eigenvalue weighted by Gasteiger charge is 2.26. The van der Waals surface area contributed by atoms with Crippen LogP contribution in [0.25, 0.3) is 11.1 Å². The number of rotatable bonds is 6. The maximum absolute atomic E-state index is 13.3. The number of Topliss-reactive ketones (excluding diaryl/α,β-unsaturated/α-hetero) is 1. The van der Waals surface area contributed by atoms with Crippen molar-refractivity contribution in [2.24, 2.45) is 7.05 Å². The summed E-state index contributed by atoms with van der Waals surface area (Å²) in [6.07, 6.45) is 0. The molecule has 1 aliphatic heterocycles. The first-order valence-corrected chi connectivity index (χ1v) is 13.4. The Hall–Kier alpha value is -4.10. The summed E-state index contributed by atoms with van der Waals surface area (Å²) in [5.74, 6) is -0.324. The zero-order valence-electron chi connectivity index (χ0n) is 22.7. The van der Waals surface area contributed by atoms with Gasteiger partial charge in [0.25, 0.3) is 11.7 Å². The minimum absolute atomic E-state index is 0.347. The number of carbonyl (C=O) groups is 2. The number of hydrogen-bond acceptors (Lipinski definition) is 5. The molecule has 0 unspecified atom stereocenters. The van der Waals surface area contributed by atoms with Gasteiger partial charge >= 0.3 is 0 Å². The standard InChI is InChI=1S/C31H32ClN5O2/c1-20-16-21(2)33-28(17-20)37-14-12-36(13-15-37)24-10-11-27(26(32)19-24)34-31(39)30(38)29-25(18-22(3)35(29)4)23-8-6-5-7-9-23/h5-11,16-19H,12-15H2,1-4H3,(H,34,39). The molecule has 1 fully saturated rings. The number of amides is 1. The van der Waals surface area contributed by atoms with Crippen molar-refractivity contribution in [1.29, 1.82) is 0 Å². The average molecular weight is 542 g/mol. The molecule has 8 heteroatoms. The van der Waals surface area contributed by atoms with Gasteiger partial charge in [0.2, 0.25) is 0 Å². The maximum Gasteiger partial charge on any atom is 0.298 e. The summed E-state index contributed by atoms with van der Waals surface area (Å²) in [6.45, 7) is 9.36. The van der Waals surface area contributed by atoms with Crippen LogP contribution in [0.1, 0.15) is 27.4 Å². The fourth-order valence-corrected chi connectivity index (χ4v) is 5.33. The largest absolute Gasteiger partial charge is 0.368 e. The maximum atomic E-state index is 13.3. The van der Waals surface area contributed by atoms with Gasteiger partial charge in [-0.2, -0.15) is 0 Å². The van der Waals surface area contributed by atoms with Crippen molar-refractivity contribution >= 4 is 40.5 Å². The highest BCUT2D eigenvalue weighted by atomic mass is 35.5. The van der Waals surface area contributed by atoms with E-state index < -0.39 is 11.7 Å². The van der Waals surface area contributed by atoms with Crippen molar-refractivity contribution in [3.8, 4) is 11.1 Å². The lowest BCUT2D eigenvalue weighted by atomic mass is 10.0. The lowest BCUT2D eigenvalue weighted by Crippen LogP contribution is -2.46. The van der Waals surface area contributed by atoms with E-state index in [9.17, 15) is 9.59 Å². The van der Waals surface area contributed by atoms with E-state index in [1.807, 2.05) is 62.4 Å². The highest BCUT2D eigenvalue weighted by molar-refractivity contribution is 6.48. The molecule has 1 amide bonds. The van der Waals surface area contributed by atoms with E-state index in [1.165, 1.54) is 5.56 Å². The van der Waals surface area contributed by atoms with E-state index in [1.54, 1.807) is 17.7 Å². The van der Waals surface area contributed by atoms with Gasteiger partial charge < -0.3 is 19.7 Å². The first-order chi connectivity index (χ1) is 18.7. The van der Waals surface area contributed by atoms with Gasteiger partial charge in [-0.15, -0.1) is 0 Å². The van der Waals surface area contributed by atoms with Crippen molar-refractivity contribution in [3.05, 3.63) is 94.4 Å². The van der Waals surface area contributed by atoms with E-state index in [0.717, 1.165) is 60.2 Å². The molecule has 0 bridgehead atoms. The molecule has 2 aromatic carbocycles. The van der Waals surface area contributed by atoms with Crippen LogP contribution >= 0.6 is 11.6 Å². The highest BCUT2D eigenvalue weighted by Crippen LogP contribution is 2.31. The topological polar surface area (TPSA) is 70.5 Å². The van der Waals surface area contributed by atoms with Gasteiger partial charge in [0, 0.05) is 55.9 Å². The molecule has 2 aromatic heterocycles. The van der Waals surface area contributed by atoms with Gasteiger partial charge in [-0.1, -0.05) is 41.9 Å². The van der Waals surface area contributed by atoms with Crippen LogP contribution in [0.2, 0.25) is 5.02 Å². The van der Waals surface area contributed by atoms with Gasteiger partial charge in [0.05, 0.1) is 10.7 Å². The molecule has 200 valence electrons. The van der Waals surface area contributed by atoms with Crippen LogP contribution in [-0.2, 0) is 11.8 Å². The molecule has 0 aliphatic carbocycles.